The fraction of sp³-hybridized carbons (Fsp3) is 0.0714. The molecule has 0 spiro atoms. The van der Waals surface area contributed by atoms with E-state index in [2.05, 4.69) is 10.2 Å². The predicted octanol–water partition coefficient (Wildman–Crippen LogP) is 6.06. The van der Waals surface area contributed by atoms with E-state index in [1.54, 1.807) is 48.5 Å². The molecule has 1 N–H and O–H groups in total. The van der Waals surface area contributed by atoms with Gasteiger partial charge in [-0.25, -0.2) is 4.39 Å². The Morgan fingerprint density at radius 1 is 1.10 bits per heavy atom. The number of aliphatic hydroxyl groups is 1. The van der Waals surface area contributed by atoms with E-state index in [0.717, 1.165) is 21.8 Å². The predicted molar refractivity (Wildman–Crippen MR) is 149 cm³/mol. The number of nitrogens with zero attached hydrogens (tertiary/aromatic N) is 4. The summed E-state index contributed by atoms with van der Waals surface area (Å²) in [6, 6.07) is 19.6. The van der Waals surface area contributed by atoms with Crippen LogP contribution in [0.3, 0.4) is 0 Å². The Hall–Kier alpha value is -4.68. The zero-order valence-electron chi connectivity index (χ0n) is 20.5. The molecule has 0 bridgehead atoms. The van der Waals surface area contributed by atoms with Gasteiger partial charge >= 0.3 is 0 Å². The highest BCUT2D eigenvalue weighted by Gasteiger charge is 2.45. The van der Waals surface area contributed by atoms with Crippen molar-refractivity contribution in [2.75, 3.05) is 4.90 Å². The quantitative estimate of drug-likeness (QED) is 0.0840. The van der Waals surface area contributed by atoms with Crippen molar-refractivity contribution in [1.82, 2.24) is 10.2 Å². The molecule has 1 aliphatic heterocycles. The molecule has 200 valence electrons. The number of carbonyl (C=O) groups excluding carboxylic acids is 2. The van der Waals surface area contributed by atoms with Gasteiger partial charge in [0, 0.05) is 17.9 Å². The number of aliphatic hydroxyl groups excluding tert-OH is 1. The molecule has 9 nitrogen and oxygen atoms in total. The van der Waals surface area contributed by atoms with Crippen LogP contribution in [-0.2, 0) is 15.3 Å². The van der Waals surface area contributed by atoms with Crippen molar-refractivity contribution in [3.63, 3.8) is 0 Å². The maximum Gasteiger partial charge on any atom is 0.296 e. The fourth-order valence-corrected chi connectivity index (χ4v) is 5.97. The molecule has 0 aliphatic carbocycles. The zero-order valence-corrected chi connectivity index (χ0v) is 22.1. The summed E-state index contributed by atoms with van der Waals surface area (Å²) >= 11 is 2.23. The Labute approximate surface area is 235 Å². The van der Waals surface area contributed by atoms with Gasteiger partial charge in [-0.15, -0.1) is 10.2 Å². The number of nitro benzene ring substituents is 1. The normalized spacial score (nSPS) is 15.3. The van der Waals surface area contributed by atoms with Gasteiger partial charge in [0.05, 0.1) is 16.5 Å². The molecule has 2 heterocycles. The number of aromatic nitrogens is 2. The van der Waals surface area contributed by atoms with E-state index >= 15 is 0 Å². The first-order valence-electron chi connectivity index (χ1n) is 11.8. The van der Waals surface area contributed by atoms with Gasteiger partial charge < -0.3 is 5.11 Å². The van der Waals surface area contributed by atoms with E-state index < -0.39 is 28.4 Å². The number of nitro groups is 1. The van der Waals surface area contributed by atoms with Crippen molar-refractivity contribution < 1.29 is 24.0 Å². The molecule has 0 saturated heterocycles. The Morgan fingerprint density at radius 3 is 2.60 bits per heavy atom. The third-order valence-corrected chi connectivity index (χ3v) is 8.11. The van der Waals surface area contributed by atoms with E-state index in [4.69, 9.17) is 0 Å². The highest BCUT2D eigenvalue weighted by molar-refractivity contribution is 8.00. The first-order chi connectivity index (χ1) is 19.3. The van der Waals surface area contributed by atoms with Crippen molar-refractivity contribution in [1.29, 1.82) is 0 Å². The SMILES string of the molecule is O=C(C=Cc1ccccc1)C1=C(O)C(=O)N(c2nnc(SCc3ccccc3F)s2)C1c1cccc([N+](=O)[O-])c1. The molecule has 1 atom stereocenters. The minimum absolute atomic E-state index is 0.0685. The Kier molecular flexibility index (Phi) is 7.80. The van der Waals surface area contributed by atoms with Crippen LogP contribution in [0.5, 0.6) is 0 Å². The number of carbonyl (C=O) groups is 2. The van der Waals surface area contributed by atoms with E-state index in [0.29, 0.717) is 9.90 Å². The number of halogens is 1. The van der Waals surface area contributed by atoms with Crippen LogP contribution in [0.2, 0.25) is 0 Å². The van der Waals surface area contributed by atoms with Crippen molar-refractivity contribution in [3.8, 4) is 0 Å². The number of hydrogen-bond acceptors (Lipinski definition) is 9. The van der Waals surface area contributed by atoms with Gasteiger partial charge in [0.25, 0.3) is 11.6 Å². The summed E-state index contributed by atoms with van der Waals surface area (Å²) in [5.41, 5.74) is 0.937. The largest absolute Gasteiger partial charge is 0.503 e. The lowest BCUT2D eigenvalue weighted by atomic mass is 9.95. The number of non-ortho nitro benzene ring substituents is 1. The van der Waals surface area contributed by atoms with Crippen LogP contribution in [0, 0.1) is 15.9 Å². The van der Waals surface area contributed by atoms with Gasteiger partial charge in [-0.2, -0.15) is 0 Å². The van der Waals surface area contributed by atoms with Crippen molar-refractivity contribution in [2.24, 2.45) is 0 Å². The molecule has 3 aromatic carbocycles. The van der Waals surface area contributed by atoms with Gasteiger partial charge in [0.1, 0.15) is 5.82 Å². The maximum atomic E-state index is 14.0. The topological polar surface area (TPSA) is 127 Å². The number of amides is 1. The van der Waals surface area contributed by atoms with Crippen molar-refractivity contribution in [3.05, 3.63) is 129 Å². The maximum absolute atomic E-state index is 14.0. The molecule has 0 fully saturated rings. The third kappa shape index (κ3) is 5.53. The molecule has 4 aromatic rings. The lowest BCUT2D eigenvalue weighted by molar-refractivity contribution is -0.384. The molecule has 1 aromatic heterocycles. The molecule has 1 amide bonds. The van der Waals surface area contributed by atoms with Gasteiger partial charge in [0.2, 0.25) is 5.13 Å². The summed E-state index contributed by atoms with van der Waals surface area (Å²) < 4.78 is 14.5. The summed E-state index contributed by atoms with van der Waals surface area (Å²) in [6.07, 6.45) is 2.78. The number of benzene rings is 3. The summed E-state index contributed by atoms with van der Waals surface area (Å²) in [7, 11) is 0. The van der Waals surface area contributed by atoms with E-state index in [-0.39, 0.29) is 33.5 Å². The van der Waals surface area contributed by atoms with E-state index in [1.807, 2.05) is 6.07 Å². The third-order valence-electron chi connectivity index (χ3n) is 6.01. The van der Waals surface area contributed by atoms with E-state index in [1.165, 1.54) is 48.2 Å². The molecular weight excluding hydrogens is 555 g/mol. The number of ketones is 1. The minimum Gasteiger partial charge on any atom is -0.503 e. The molecule has 1 unspecified atom stereocenters. The Bertz CT molecular complexity index is 1670. The van der Waals surface area contributed by atoms with Gasteiger partial charge in [-0.3, -0.25) is 24.6 Å². The molecule has 5 rings (SSSR count). The molecule has 0 radical (unpaired) electrons. The lowest BCUT2D eigenvalue weighted by Gasteiger charge is -2.23. The minimum atomic E-state index is -1.20. The highest BCUT2D eigenvalue weighted by atomic mass is 32.2. The number of thioether (sulfide) groups is 1. The van der Waals surface area contributed by atoms with Crippen LogP contribution >= 0.6 is 23.1 Å². The summed E-state index contributed by atoms with van der Waals surface area (Å²) in [6.45, 7) is 0. The average Bonchev–Trinajstić information content (AvgIpc) is 3.53. The fourth-order valence-electron chi connectivity index (χ4n) is 4.12. The molecular formula is C28H19FN4O5S2. The number of hydrogen-bond donors (Lipinski definition) is 1. The number of anilines is 1. The van der Waals surface area contributed by atoms with Crippen LogP contribution in [0.4, 0.5) is 15.2 Å². The first-order valence-corrected chi connectivity index (χ1v) is 13.6. The van der Waals surface area contributed by atoms with Crippen LogP contribution in [0.15, 0.2) is 101 Å². The van der Waals surface area contributed by atoms with Crippen molar-refractivity contribution >= 4 is 51.7 Å². The molecule has 12 heteroatoms. The molecule has 1 aliphatic rings. The first kappa shape index (κ1) is 26.9. The molecule has 0 saturated carbocycles. The number of rotatable bonds is 9. The van der Waals surface area contributed by atoms with Crippen LogP contribution in [0.25, 0.3) is 6.08 Å². The zero-order chi connectivity index (χ0) is 28.2. The van der Waals surface area contributed by atoms with E-state index in [9.17, 15) is 29.2 Å². The average molecular weight is 575 g/mol. The van der Waals surface area contributed by atoms with Crippen LogP contribution in [-0.4, -0.2) is 31.9 Å². The monoisotopic (exact) mass is 574 g/mol. The summed E-state index contributed by atoms with van der Waals surface area (Å²) in [5.74, 6) is -2.42. The van der Waals surface area contributed by atoms with Gasteiger partial charge in [0.15, 0.2) is 15.9 Å². The summed E-state index contributed by atoms with van der Waals surface area (Å²) in [5, 5.41) is 30.6. The van der Waals surface area contributed by atoms with Crippen LogP contribution in [0.1, 0.15) is 22.7 Å². The Balaban J connectivity index is 1.50. The van der Waals surface area contributed by atoms with Crippen molar-refractivity contribution in [2.45, 2.75) is 16.1 Å². The second-order valence-corrected chi connectivity index (χ2v) is 10.7. The highest BCUT2D eigenvalue weighted by Crippen LogP contribution is 2.44. The second-order valence-electron chi connectivity index (χ2n) is 8.53. The van der Waals surface area contributed by atoms with Gasteiger partial charge in [-0.1, -0.05) is 89.8 Å². The Morgan fingerprint density at radius 2 is 1.85 bits per heavy atom. The lowest BCUT2D eigenvalue weighted by Crippen LogP contribution is -2.30. The summed E-state index contributed by atoms with van der Waals surface area (Å²) in [4.78, 5) is 38.7. The second kappa shape index (κ2) is 11.6. The standard InChI is InChI=1S/C28H19FN4O5S2/c29-21-12-5-4-9-19(21)16-39-28-31-30-27(40-28)32-24(18-10-6-11-20(15-18)33(37)38)23(25(35)26(32)36)22(34)14-13-17-7-2-1-3-8-17/h1-15,24,35H,16H2. The molecule has 40 heavy (non-hydrogen) atoms. The smallest absolute Gasteiger partial charge is 0.296 e. The number of allylic oxidation sites excluding steroid dienone is 1. The van der Waals surface area contributed by atoms with Crippen LogP contribution < -0.4 is 4.90 Å². The van der Waals surface area contributed by atoms with Gasteiger partial charge in [-0.05, 0) is 28.8 Å².